The van der Waals surface area contributed by atoms with Crippen LogP contribution >= 0.6 is 0 Å². The van der Waals surface area contributed by atoms with Crippen LogP contribution < -0.4 is 18.9 Å². The fourth-order valence-corrected chi connectivity index (χ4v) is 0. The van der Waals surface area contributed by atoms with Crippen LogP contribution in [0.15, 0.2) is 12.7 Å². The summed E-state index contributed by atoms with van der Waals surface area (Å²) in [5.41, 5.74) is 0. The first-order chi connectivity index (χ1) is 1.41. The molecule has 0 aromatic carbocycles. The minimum atomic E-state index is 0. The van der Waals surface area contributed by atoms with Crippen LogP contribution in [0.5, 0.6) is 0 Å². The summed E-state index contributed by atoms with van der Waals surface area (Å²) in [6, 6.07) is 0. The van der Waals surface area contributed by atoms with E-state index in [1.165, 1.54) is 6.08 Å². The molecule has 2 heteroatoms. The number of hydrogen-bond acceptors (Lipinski definition) is 0. The molecule has 0 aliphatic rings. The standard InChI is InChI=1S/C3H5.Cu.Li/c1-3-2;;/h3H,1-2H2;;/q-1;;+1. The monoisotopic (exact) mass is 111 g/mol. The quantitative estimate of drug-likeness (QED) is 0.251. The van der Waals surface area contributed by atoms with Crippen LogP contribution in [0.2, 0.25) is 0 Å². The summed E-state index contributed by atoms with van der Waals surface area (Å²) in [5, 5.41) is 0. The molecule has 0 aromatic rings. The molecule has 29 valence electrons. The summed E-state index contributed by atoms with van der Waals surface area (Å²) < 4.78 is 0. The second-order valence-corrected chi connectivity index (χ2v) is 0.289. The van der Waals surface area contributed by atoms with Crippen LogP contribution in [0, 0.1) is 6.92 Å². The van der Waals surface area contributed by atoms with Crippen molar-refractivity contribution >= 4 is 0 Å². The molecule has 0 atom stereocenters. The van der Waals surface area contributed by atoms with Crippen molar-refractivity contribution in [2.24, 2.45) is 0 Å². The molecule has 0 amide bonds. The molecule has 0 heterocycles. The molecular formula is C3H5CuLi. The van der Waals surface area contributed by atoms with Crippen LogP contribution in [0.1, 0.15) is 0 Å². The van der Waals surface area contributed by atoms with Crippen LogP contribution in [-0.2, 0) is 17.1 Å². The molecule has 0 fully saturated rings. The van der Waals surface area contributed by atoms with Gasteiger partial charge in [0, 0.05) is 17.1 Å². The van der Waals surface area contributed by atoms with Gasteiger partial charge in [0.05, 0.1) is 0 Å². The van der Waals surface area contributed by atoms with E-state index in [2.05, 4.69) is 13.5 Å². The topological polar surface area (TPSA) is 0 Å². The van der Waals surface area contributed by atoms with Gasteiger partial charge >= 0.3 is 18.9 Å². The molecule has 0 aromatic heterocycles. The van der Waals surface area contributed by atoms with Crippen LogP contribution in [0.4, 0.5) is 0 Å². The fraction of sp³-hybridized carbons (Fsp3) is 0. The van der Waals surface area contributed by atoms with E-state index in [4.69, 9.17) is 0 Å². The van der Waals surface area contributed by atoms with E-state index in [9.17, 15) is 0 Å². The SMILES string of the molecule is C=C[CH2-].[Cu].[Li+]. The van der Waals surface area contributed by atoms with Crippen molar-refractivity contribution in [1.82, 2.24) is 0 Å². The molecule has 0 nitrogen and oxygen atoms in total. The smallest absolute Gasteiger partial charge is 0.245 e. The maximum atomic E-state index is 3.25. The number of allylic oxidation sites excluding steroid dienone is 1. The number of rotatable bonds is 0. The average molecular weight is 112 g/mol. The van der Waals surface area contributed by atoms with Crippen LogP contribution in [-0.4, -0.2) is 0 Å². The van der Waals surface area contributed by atoms with Crippen molar-refractivity contribution in [3.05, 3.63) is 19.6 Å². The second-order valence-electron chi connectivity index (χ2n) is 0.289. The summed E-state index contributed by atoms with van der Waals surface area (Å²) in [6.45, 7) is 6.50. The van der Waals surface area contributed by atoms with Gasteiger partial charge in [-0.15, -0.1) is 0 Å². The molecule has 0 rings (SSSR count). The Morgan fingerprint density at radius 2 is 1.60 bits per heavy atom. The molecule has 0 saturated heterocycles. The maximum absolute atomic E-state index is 3.25. The summed E-state index contributed by atoms with van der Waals surface area (Å²) in [7, 11) is 0. The minimum absolute atomic E-state index is 0. The van der Waals surface area contributed by atoms with E-state index in [0.29, 0.717) is 0 Å². The largest absolute Gasteiger partial charge is 1.00 e. The van der Waals surface area contributed by atoms with Gasteiger partial charge in [-0.25, -0.2) is 19.6 Å². The molecule has 0 saturated carbocycles. The van der Waals surface area contributed by atoms with Crippen molar-refractivity contribution < 1.29 is 35.9 Å². The zero-order valence-electron chi connectivity index (χ0n) is 3.29. The molecule has 0 aliphatic carbocycles. The zero-order chi connectivity index (χ0) is 2.71. The Hall–Kier alpha value is 0.727. The molecule has 0 spiro atoms. The van der Waals surface area contributed by atoms with Crippen molar-refractivity contribution in [1.29, 1.82) is 0 Å². The van der Waals surface area contributed by atoms with Gasteiger partial charge in [-0.05, 0) is 0 Å². The van der Waals surface area contributed by atoms with Crippen molar-refractivity contribution in [2.45, 2.75) is 0 Å². The third kappa shape index (κ3) is 66.5. The third-order valence-corrected chi connectivity index (χ3v) is 0. The molecule has 0 aliphatic heterocycles. The first kappa shape index (κ1) is 17.2. The first-order valence-corrected chi connectivity index (χ1v) is 0.816. The Labute approximate surface area is 55.7 Å². The predicted molar refractivity (Wildman–Crippen MR) is 15.6 cm³/mol. The Kier molecular flexibility index (Phi) is 75.8. The van der Waals surface area contributed by atoms with E-state index >= 15 is 0 Å². The van der Waals surface area contributed by atoms with E-state index in [0.717, 1.165) is 0 Å². The summed E-state index contributed by atoms with van der Waals surface area (Å²) >= 11 is 0. The van der Waals surface area contributed by atoms with Crippen LogP contribution in [0.25, 0.3) is 0 Å². The predicted octanol–water partition coefficient (Wildman–Crippen LogP) is -1.99. The van der Waals surface area contributed by atoms with Gasteiger partial charge in [0.25, 0.3) is 0 Å². The van der Waals surface area contributed by atoms with Gasteiger partial charge in [0.15, 0.2) is 0 Å². The van der Waals surface area contributed by atoms with Crippen LogP contribution in [0.3, 0.4) is 0 Å². The van der Waals surface area contributed by atoms with Gasteiger partial charge in [-0.1, -0.05) is 0 Å². The summed E-state index contributed by atoms with van der Waals surface area (Å²) in [6.07, 6.45) is 1.50. The van der Waals surface area contributed by atoms with Gasteiger partial charge in [-0.2, -0.15) is 0 Å². The van der Waals surface area contributed by atoms with Crippen molar-refractivity contribution in [2.75, 3.05) is 0 Å². The minimum Gasteiger partial charge on any atom is -0.245 e. The molecule has 0 bridgehead atoms. The maximum Gasteiger partial charge on any atom is 1.00 e. The Morgan fingerprint density at radius 1 is 1.60 bits per heavy atom. The molecule has 1 radical (unpaired) electrons. The van der Waals surface area contributed by atoms with E-state index in [1.807, 2.05) is 0 Å². The third-order valence-electron chi connectivity index (χ3n) is 0. The van der Waals surface area contributed by atoms with E-state index in [1.54, 1.807) is 0 Å². The Bertz CT molecular complexity index is 14.4. The number of hydrogen-bond donors (Lipinski definition) is 0. The van der Waals surface area contributed by atoms with Gasteiger partial charge in [0.1, 0.15) is 0 Å². The zero-order valence-corrected chi connectivity index (χ0v) is 4.23. The Balaban J connectivity index is -0.0000000200. The summed E-state index contributed by atoms with van der Waals surface area (Å²) in [4.78, 5) is 0. The van der Waals surface area contributed by atoms with Gasteiger partial charge in [-0.3, -0.25) is 0 Å². The van der Waals surface area contributed by atoms with Gasteiger partial charge < -0.3 is 0 Å². The first-order valence-electron chi connectivity index (χ1n) is 0.816. The second kappa shape index (κ2) is 22.0. The molecular weight excluding hydrogens is 107 g/mol. The normalized spacial score (nSPS) is 2.40. The molecule has 0 N–H and O–H groups in total. The van der Waals surface area contributed by atoms with E-state index in [-0.39, 0.29) is 35.9 Å². The van der Waals surface area contributed by atoms with Crippen molar-refractivity contribution in [3.63, 3.8) is 0 Å². The Morgan fingerprint density at radius 3 is 1.60 bits per heavy atom. The average Bonchev–Trinajstić information content (AvgIpc) is 0.918. The van der Waals surface area contributed by atoms with Crippen molar-refractivity contribution in [3.8, 4) is 0 Å². The van der Waals surface area contributed by atoms with Gasteiger partial charge in [0.2, 0.25) is 0 Å². The fourth-order valence-electron chi connectivity index (χ4n) is 0. The van der Waals surface area contributed by atoms with E-state index < -0.39 is 0 Å². The molecule has 5 heavy (non-hydrogen) atoms. The summed E-state index contributed by atoms with van der Waals surface area (Å²) in [5.74, 6) is 0. The molecule has 0 unspecified atom stereocenters.